The SMILES string of the molecule is CC(C)(C)n1c(NC(=O)c2ccc(S(=O)(=O)NC3CC3)cc2)nc2ccccc21. The third-order valence-electron chi connectivity index (χ3n) is 4.78. The maximum Gasteiger partial charge on any atom is 0.257 e. The summed E-state index contributed by atoms with van der Waals surface area (Å²) in [6.07, 6.45) is 1.74. The van der Waals surface area contributed by atoms with Crippen LogP contribution in [0.25, 0.3) is 11.0 Å². The fourth-order valence-electron chi connectivity index (χ4n) is 3.24. The van der Waals surface area contributed by atoms with E-state index >= 15 is 0 Å². The Morgan fingerprint density at radius 3 is 2.34 bits per heavy atom. The molecule has 3 aromatic rings. The molecule has 1 aliphatic rings. The van der Waals surface area contributed by atoms with Crippen molar-refractivity contribution < 1.29 is 13.2 Å². The topological polar surface area (TPSA) is 93.1 Å². The van der Waals surface area contributed by atoms with E-state index < -0.39 is 10.0 Å². The number of nitrogens with one attached hydrogen (secondary N) is 2. The lowest BCUT2D eigenvalue weighted by atomic mass is 10.1. The van der Waals surface area contributed by atoms with Gasteiger partial charge in [-0.15, -0.1) is 0 Å². The number of hydrogen-bond donors (Lipinski definition) is 2. The first-order valence-electron chi connectivity index (χ1n) is 9.57. The van der Waals surface area contributed by atoms with Crippen LogP contribution < -0.4 is 10.0 Å². The average Bonchev–Trinajstić information content (AvgIpc) is 3.37. The molecule has 1 fully saturated rings. The van der Waals surface area contributed by atoms with Crippen molar-refractivity contribution in [2.24, 2.45) is 0 Å². The lowest BCUT2D eigenvalue weighted by Crippen LogP contribution is -2.26. The van der Waals surface area contributed by atoms with E-state index in [9.17, 15) is 13.2 Å². The number of sulfonamides is 1. The Bertz CT molecular complexity index is 1170. The maximum atomic E-state index is 12.8. The van der Waals surface area contributed by atoms with E-state index in [-0.39, 0.29) is 22.4 Å². The summed E-state index contributed by atoms with van der Waals surface area (Å²) in [5.74, 6) is 0.112. The number of hydrogen-bond acceptors (Lipinski definition) is 4. The highest BCUT2D eigenvalue weighted by Crippen LogP contribution is 2.28. The Labute approximate surface area is 170 Å². The second kappa shape index (κ2) is 6.96. The van der Waals surface area contributed by atoms with Crippen LogP contribution in [0, 0.1) is 0 Å². The summed E-state index contributed by atoms with van der Waals surface area (Å²) < 4.78 is 29.2. The van der Waals surface area contributed by atoms with E-state index in [0.717, 1.165) is 23.9 Å². The molecule has 0 radical (unpaired) electrons. The second-order valence-corrected chi connectivity index (χ2v) is 10.0. The predicted octanol–water partition coefficient (Wildman–Crippen LogP) is 3.48. The molecule has 0 unspecified atom stereocenters. The van der Waals surface area contributed by atoms with E-state index in [0.29, 0.717) is 11.5 Å². The van der Waals surface area contributed by atoms with Crippen molar-refractivity contribution >= 4 is 32.9 Å². The van der Waals surface area contributed by atoms with Crippen LogP contribution in [-0.2, 0) is 15.6 Å². The molecule has 1 amide bonds. The second-order valence-electron chi connectivity index (χ2n) is 8.30. The summed E-state index contributed by atoms with van der Waals surface area (Å²) >= 11 is 0. The van der Waals surface area contributed by atoms with Gasteiger partial charge in [0.05, 0.1) is 15.9 Å². The zero-order chi connectivity index (χ0) is 20.8. The lowest BCUT2D eigenvalue weighted by Gasteiger charge is -2.24. The van der Waals surface area contributed by atoms with Crippen LogP contribution in [0.2, 0.25) is 0 Å². The molecule has 4 rings (SSSR count). The van der Waals surface area contributed by atoms with Gasteiger partial charge in [0.15, 0.2) is 0 Å². The largest absolute Gasteiger partial charge is 0.305 e. The van der Waals surface area contributed by atoms with Crippen LogP contribution in [0.15, 0.2) is 53.4 Å². The Morgan fingerprint density at radius 1 is 1.07 bits per heavy atom. The molecule has 1 heterocycles. The molecule has 1 aromatic heterocycles. The van der Waals surface area contributed by atoms with Crippen LogP contribution in [0.4, 0.5) is 5.95 Å². The third-order valence-corrected chi connectivity index (χ3v) is 6.32. The van der Waals surface area contributed by atoms with Gasteiger partial charge in [-0.1, -0.05) is 12.1 Å². The molecule has 7 nitrogen and oxygen atoms in total. The van der Waals surface area contributed by atoms with Crippen molar-refractivity contribution in [3.05, 3.63) is 54.1 Å². The van der Waals surface area contributed by atoms with Crippen molar-refractivity contribution in [3.8, 4) is 0 Å². The number of aromatic nitrogens is 2. The first-order chi connectivity index (χ1) is 13.6. The molecular weight excluding hydrogens is 388 g/mol. The lowest BCUT2D eigenvalue weighted by molar-refractivity contribution is 0.102. The number of nitrogens with zero attached hydrogens (tertiary/aromatic N) is 2. The maximum absolute atomic E-state index is 12.8. The van der Waals surface area contributed by atoms with Gasteiger partial charge < -0.3 is 4.57 Å². The molecule has 0 aliphatic heterocycles. The van der Waals surface area contributed by atoms with Gasteiger partial charge in [0, 0.05) is 17.1 Å². The van der Waals surface area contributed by atoms with Crippen LogP contribution in [0.3, 0.4) is 0 Å². The van der Waals surface area contributed by atoms with Crippen molar-refractivity contribution in [3.63, 3.8) is 0 Å². The molecule has 0 bridgehead atoms. The molecular formula is C21H24N4O3S. The number of carbonyl (C=O) groups excluding carboxylic acids is 1. The van der Waals surface area contributed by atoms with Gasteiger partial charge in [-0.05, 0) is 70.0 Å². The Hall–Kier alpha value is -2.71. The van der Waals surface area contributed by atoms with Gasteiger partial charge in [0.25, 0.3) is 5.91 Å². The van der Waals surface area contributed by atoms with Crippen LogP contribution in [-0.4, -0.2) is 29.9 Å². The number of benzene rings is 2. The van der Waals surface area contributed by atoms with Crippen molar-refractivity contribution in [2.45, 2.75) is 50.1 Å². The Balaban J connectivity index is 1.60. The molecule has 152 valence electrons. The summed E-state index contributed by atoms with van der Waals surface area (Å²) in [6, 6.07) is 13.7. The van der Waals surface area contributed by atoms with Crippen LogP contribution in [0.1, 0.15) is 44.0 Å². The summed E-state index contributed by atoms with van der Waals surface area (Å²) in [4.78, 5) is 17.5. The first-order valence-corrected chi connectivity index (χ1v) is 11.1. The number of imidazole rings is 1. The highest BCUT2D eigenvalue weighted by Gasteiger charge is 2.28. The minimum Gasteiger partial charge on any atom is -0.305 e. The Kier molecular flexibility index (Phi) is 4.71. The van der Waals surface area contributed by atoms with E-state index in [4.69, 9.17) is 0 Å². The molecule has 1 aliphatic carbocycles. The highest BCUT2D eigenvalue weighted by molar-refractivity contribution is 7.89. The van der Waals surface area contributed by atoms with E-state index in [2.05, 4.69) is 15.0 Å². The molecule has 2 aromatic carbocycles. The zero-order valence-electron chi connectivity index (χ0n) is 16.6. The molecule has 1 saturated carbocycles. The molecule has 29 heavy (non-hydrogen) atoms. The van der Waals surface area contributed by atoms with Crippen molar-refractivity contribution in [2.75, 3.05) is 5.32 Å². The quantitative estimate of drug-likeness (QED) is 0.671. The van der Waals surface area contributed by atoms with Gasteiger partial charge in [-0.3, -0.25) is 10.1 Å². The number of anilines is 1. The number of fused-ring (bicyclic) bond motifs is 1. The monoisotopic (exact) mass is 412 g/mol. The van der Waals surface area contributed by atoms with Crippen molar-refractivity contribution in [1.29, 1.82) is 0 Å². The molecule has 0 saturated heterocycles. The number of amides is 1. The van der Waals surface area contributed by atoms with Crippen molar-refractivity contribution in [1.82, 2.24) is 14.3 Å². The van der Waals surface area contributed by atoms with Crippen LogP contribution >= 0.6 is 0 Å². The van der Waals surface area contributed by atoms with E-state index in [1.807, 2.05) is 49.6 Å². The predicted molar refractivity (Wildman–Crippen MR) is 112 cm³/mol. The zero-order valence-corrected chi connectivity index (χ0v) is 17.5. The normalized spacial score (nSPS) is 14.9. The van der Waals surface area contributed by atoms with E-state index in [1.54, 1.807) is 0 Å². The van der Waals surface area contributed by atoms with Gasteiger partial charge >= 0.3 is 0 Å². The molecule has 0 spiro atoms. The smallest absolute Gasteiger partial charge is 0.257 e. The molecule has 8 heteroatoms. The fraction of sp³-hybridized carbons (Fsp3) is 0.333. The fourth-order valence-corrected chi connectivity index (χ4v) is 4.54. The summed E-state index contributed by atoms with van der Waals surface area (Å²) in [5.41, 5.74) is 1.81. The minimum atomic E-state index is -3.54. The van der Waals surface area contributed by atoms with Gasteiger partial charge in [0.2, 0.25) is 16.0 Å². The number of para-hydroxylation sites is 2. The highest BCUT2D eigenvalue weighted by atomic mass is 32.2. The van der Waals surface area contributed by atoms with Gasteiger partial charge in [-0.2, -0.15) is 0 Å². The summed E-state index contributed by atoms with van der Waals surface area (Å²) in [6.45, 7) is 6.13. The standard InChI is InChI=1S/C21H24N4O3S/c1-21(2,3)25-18-7-5-4-6-17(18)22-20(25)23-19(26)14-8-12-16(13-9-14)29(27,28)24-15-10-11-15/h4-9,12-13,15,24H,10-11H2,1-3H3,(H,22,23,26). The third kappa shape index (κ3) is 4.04. The summed E-state index contributed by atoms with van der Waals surface area (Å²) in [7, 11) is -3.54. The molecule has 0 atom stereocenters. The van der Waals surface area contributed by atoms with E-state index in [1.165, 1.54) is 24.3 Å². The summed E-state index contributed by atoms with van der Waals surface area (Å²) in [5, 5.41) is 2.87. The average molecular weight is 413 g/mol. The Morgan fingerprint density at radius 2 is 1.72 bits per heavy atom. The molecule has 2 N–H and O–H groups in total. The van der Waals surface area contributed by atoms with Gasteiger partial charge in [0.1, 0.15) is 0 Å². The minimum absolute atomic E-state index is 0.0355. The number of rotatable bonds is 5. The van der Waals surface area contributed by atoms with Gasteiger partial charge in [-0.25, -0.2) is 18.1 Å². The van der Waals surface area contributed by atoms with Crippen LogP contribution in [0.5, 0.6) is 0 Å². The number of carbonyl (C=O) groups is 1. The first kappa shape index (κ1) is 19.6.